The summed E-state index contributed by atoms with van der Waals surface area (Å²) in [5.74, 6) is 0.0451. The Balaban J connectivity index is 1.69. The zero-order valence-corrected chi connectivity index (χ0v) is 14.6. The molecular weight excluding hydrogens is 362 g/mol. The van der Waals surface area contributed by atoms with E-state index in [-0.39, 0.29) is 12.1 Å². The molecule has 0 fully saturated rings. The molecule has 0 saturated heterocycles. The van der Waals surface area contributed by atoms with E-state index in [1.807, 2.05) is 24.3 Å². The van der Waals surface area contributed by atoms with Crippen molar-refractivity contribution in [3.05, 3.63) is 50.3 Å². The molecule has 1 aromatic heterocycles. The van der Waals surface area contributed by atoms with Crippen LogP contribution < -0.4 is 10.6 Å². The fourth-order valence-corrected chi connectivity index (χ4v) is 4.68. The van der Waals surface area contributed by atoms with E-state index >= 15 is 0 Å². The molecule has 1 atom stereocenters. The number of carbonyl (C=O) groups is 1. The fraction of sp³-hybridized carbons (Fsp3) is 0.312. The monoisotopic (exact) mass is 377 g/mol. The van der Waals surface area contributed by atoms with Gasteiger partial charge < -0.3 is 15.5 Å². The van der Waals surface area contributed by atoms with Crippen molar-refractivity contribution in [3.63, 3.8) is 0 Å². The van der Waals surface area contributed by atoms with Gasteiger partial charge in [0, 0.05) is 22.4 Å². The first-order valence-corrected chi connectivity index (χ1v) is 8.89. The average molecular weight is 378 g/mol. The van der Waals surface area contributed by atoms with Crippen LogP contribution in [0.1, 0.15) is 32.5 Å². The number of thiophene rings is 1. The van der Waals surface area contributed by atoms with Gasteiger partial charge in [0.05, 0.1) is 5.56 Å². The summed E-state index contributed by atoms with van der Waals surface area (Å²) in [7, 11) is 2.12. The Morgan fingerprint density at radius 1 is 1.27 bits per heavy atom. The van der Waals surface area contributed by atoms with E-state index in [0.717, 1.165) is 40.1 Å². The van der Waals surface area contributed by atoms with Crippen LogP contribution in [0.4, 0.5) is 5.00 Å². The molecule has 0 unspecified atom stereocenters. The average Bonchev–Trinajstić information content (AvgIpc) is 2.85. The fourth-order valence-electron chi connectivity index (χ4n) is 3.07. The Labute approximate surface area is 141 Å². The summed E-state index contributed by atoms with van der Waals surface area (Å²) >= 11 is 5.16. The van der Waals surface area contributed by atoms with Gasteiger partial charge in [-0.1, -0.05) is 28.1 Å². The maximum atomic E-state index is 12.6. The summed E-state index contributed by atoms with van der Waals surface area (Å²) < 4.78 is 1.04. The summed E-state index contributed by atoms with van der Waals surface area (Å²) in [6, 6.07) is 8.03. The highest BCUT2D eigenvalue weighted by Crippen LogP contribution is 2.40. The topological polar surface area (TPSA) is 44.4 Å². The predicted molar refractivity (Wildman–Crippen MR) is 92.3 cm³/mol. The van der Waals surface area contributed by atoms with E-state index in [1.165, 1.54) is 10.4 Å². The van der Waals surface area contributed by atoms with Crippen LogP contribution in [0, 0.1) is 0 Å². The molecule has 1 aromatic carbocycles. The molecule has 2 aliphatic heterocycles. The third kappa shape index (κ3) is 2.35. The number of nitrogens with zero attached hydrogens (tertiary/aromatic N) is 1. The van der Waals surface area contributed by atoms with Gasteiger partial charge in [0.15, 0.2) is 0 Å². The van der Waals surface area contributed by atoms with Crippen molar-refractivity contribution in [2.24, 2.45) is 0 Å². The number of rotatable bonds is 1. The second-order valence-electron chi connectivity index (χ2n) is 5.80. The molecule has 0 radical (unpaired) electrons. The molecule has 3 heterocycles. The lowest BCUT2D eigenvalue weighted by molar-refractivity contribution is 0.0935. The zero-order chi connectivity index (χ0) is 15.3. The van der Waals surface area contributed by atoms with Crippen molar-refractivity contribution < 1.29 is 4.79 Å². The SMILES string of the molecule is CN1CCc2c(sc3c2C(=O)N[C@@H](c2ccc(Br)cc2)N3)C1. The number of fused-ring (bicyclic) bond motifs is 3. The van der Waals surface area contributed by atoms with E-state index in [0.29, 0.717) is 0 Å². The molecule has 0 saturated carbocycles. The number of amides is 1. The minimum atomic E-state index is -0.161. The summed E-state index contributed by atoms with van der Waals surface area (Å²) in [5.41, 5.74) is 3.16. The molecule has 2 aliphatic rings. The Morgan fingerprint density at radius 3 is 2.82 bits per heavy atom. The lowest BCUT2D eigenvalue weighted by Gasteiger charge is -2.27. The lowest BCUT2D eigenvalue weighted by atomic mass is 10.0. The molecule has 2 N–H and O–H groups in total. The summed E-state index contributed by atoms with van der Waals surface area (Å²) in [4.78, 5) is 16.2. The Kier molecular flexibility index (Phi) is 3.47. The number of hydrogen-bond acceptors (Lipinski definition) is 4. The minimum Gasteiger partial charge on any atom is -0.353 e. The standard InChI is InChI=1S/C16H16BrN3OS/c1-20-7-6-11-12(8-20)22-16-13(11)15(21)18-14(19-16)9-2-4-10(17)5-3-9/h2-5,14,19H,6-8H2,1H3,(H,18,21)/t14-/m1/s1. The molecule has 114 valence electrons. The number of hydrogen-bond donors (Lipinski definition) is 2. The highest BCUT2D eigenvalue weighted by atomic mass is 79.9. The summed E-state index contributed by atoms with van der Waals surface area (Å²) in [5, 5.41) is 7.58. The van der Waals surface area contributed by atoms with Gasteiger partial charge in [-0.15, -0.1) is 11.3 Å². The van der Waals surface area contributed by atoms with Crippen molar-refractivity contribution in [2.45, 2.75) is 19.1 Å². The third-order valence-electron chi connectivity index (χ3n) is 4.23. The van der Waals surface area contributed by atoms with Crippen LogP contribution >= 0.6 is 27.3 Å². The molecule has 4 rings (SSSR count). The molecule has 0 spiro atoms. The minimum absolute atomic E-state index is 0.0451. The van der Waals surface area contributed by atoms with E-state index < -0.39 is 0 Å². The molecule has 2 aromatic rings. The van der Waals surface area contributed by atoms with Gasteiger partial charge in [-0.3, -0.25) is 4.79 Å². The Morgan fingerprint density at radius 2 is 2.05 bits per heavy atom. The number of nitrogens with one attached hydrogen (secondary N) is 2. The lowest BCUT2D eigenvalue weighted by Crippen LogP contribution is -2.38. The van der Waals surface area contributed by atoms with Gasteiger partial charge >= 0.3 is 0 Å². The highest BCUT2D eigenvalue weighted by molar-refractivity contribution is 9.10. The summed E-state index contributed by atoms with van der Waals surface area (Å²) in [6.07, 6.45) is 0.793. The van der Waals surface area contributed by atoms with Gasteiger partial charge in [0.25, 0.3) is 5.91 Å². The number of benzene rings is 1. The van der Waals surface area contributed by atoms with Crippen LogP contribution in [0.3, 0.4) is 0 Å². The van der Waals surface area contributed by atoms with Crippen LogP contribution in [0.5, 0.6) is 0 Å². The molecule has 1 amide bonds. The maximum Gasteiger partial charge on any atom is 0.256 e. The number of carbonyl (C=O) groups excluding carboxylic acids is 1. The second kappa shape index (κ2) is 5.37. The third-order valence-corrected chi connectivity index (χ3v) is 5.91. The van der Waals surface area contributed by atoms with Crippen molar-refractivity contribution in [1.82, 2.24) is 10.2 Å². The smallest absolute Gasteiger partial charge is 0.256 e. The Hall–Kier alpha value is -1.37. The van der Waals surface area contributed by atoms with Crippen molar-refractivity contribution in [1.29, 1.82) is 0 Å². The van der Waals surface area contributed by atoms with Gasteiger partial charge in [-0.25, -0.2) is 0 Å². The number of likely N-dealkylation sites (N-methyl/N-ethyl adjacent to an activating group) is 1. The van der Waals surface area contributed by atoms with E-state index in [1.54, 1.807) is 11.3 Å². The quantitative estimate of drug-likeness (QED) is 0.800. The predicted octanol–water partition coefficient (Wildman–Crippen LogP) is 3.35. The van der Waals surface area contributed by atoms with Crippen LogP contribution in [0.2, 0.25) is 0 Å². The first-order valence-electron chi connectivity index (χ1n) is 7.28. The van der Waals surface area contributed by atoms with Crippen LogP contribution in [0.25, 0.3) is 0 Å². The van der Waals surface area contributed by atoms with Gasteiger partial charge in [0.2, 0.25) is 0 Å². The van der Waals surface area contributed by atoms with Gasteiger partial charge in [-0.2, -0.15) is 0 Å². The molecular formula is C16H16BrN3OS. The molecule has 0 bridgehead atoms. The number of halogens is 1. The Bertz CT molecular complexity index is 741. The summed E-state index contributed by atoms with van der Waals surface area (Å²) in [6.45, 7) is 1.95. The van der Waals surface area contributed by atoms with Crippen molar-refractivity contribution in [2.75, 3.05) is 18.9 Å². The van der Waals surface area contributed by atoms with Crippen molar-refractivity contribution in [3.8, 4) is 0 Å². The highest BCUT2D eigenvalue weighted by Gasteiger charge is 2.32. The van der Waals surface area contributed by atoms with Crippen molar-refractivity contribution >= 4 is 38.2 Å². The van der Waals surface area contributed by atoms with Crippen LogP contribution in [-0.4, -0.2) is 24.4 Å². The van der Waals surface area contributed by atoms with Gasteiger partial charge in [0.1, 0.15) is 11.2 Å². The van der Waals surface area contributed by atoms with Crippen LogP contribution in [0.15, 0.2) is 28.7 Å². The normalized spacial score (nSPS) is 20.8. The molecule has 6 heteroatoms. The molecule has 4 nitrogen and oxygen atoms in total. The van der Waals surface area contributed by atoms with E-state index in [2.05, 4.69) is 38.5 Å². The zero-order valence-electron chi connectivity index (χ0n) is 12.1. The van der Waals surface area contributed by atoms with E-state index in [9.17, 15) is 4.79 Å². The first-order chi connectivity index (χ1) is 10.6. The van der Waals surface area contributed by atoms with Crippen LogP contribution in [-0.2, 0) is 13.0 Å². The molecule has 0 aliphatic carbocycles. The first kappa shape index (κ1) is 14.2. The second-order valence-corrected chi connectivity index (χ2v) is 7.82. The number of anilines is 1. The maximum absolute atomic E-state index is 12.6. The van der Waals surface area contributed by atoms with E-state index in [4.69, 9.17) is 0 Å². The van der Waals surface area contributed by atoms with Gasteiger partial charge in [-0.05, 0) is 36.7 Å². The largest absolute Gasteiger partial charge is 0.353 e. The molecule has 22 heavy (non-hydrogen) atoms.